The van der Waals surface area contributed by atoms with Gasteiger partial charge in [-0.3, -0.25) is 9.69 Å². The molecule has 2 aliphatic rings. The zero-order valence-corrected chi connectivity index (χ0v) is 18.5. The first-order valence-corrected chi connectivity index (χ1v) is 11.2. The van der Waals surface area contributed by atoms with Gasteiger partial charge >= 0.3 is 6.09 Å². The van der Waals surface area contributed by atoms with Crippen LogP contribution in [0.3, 0.4) is 0 Å². The molecule has 1 aromatic heterocycles. The van der Waals surface area contributed by atoms with E-state index in [1.807, 2.05) is 22.4 Å². The number of hydrogen-bond donors (Lipinski definition) is 1. The lowest BCUT2D eigenvalue weighted by Crippen LogP contribution is -2.33. The summed E-state index contributed by atoms with van der Waals surface area (Å²) in [5.41, 5.74) is 2.74. The molecule has 4 rings (SSSR count). The lowest BCUT2D eigenvalue weighted by molar-refractivity contribution is -0.119. The van der Waals surface area contributed by atoms with Gasteiger partial charge in [0, 0.05) is 24.9 Å². The second-order valence-corrected chi connectivity index (χ2v) is 8.67. The minimum Gasteiger partial charge on any atom is -0.442 e. The van der Waals surface area contributed by atoms with Crippen LogP contribution < -0.4 is 15.1 Å². The maximum absolute atomic E-state index is 15.0. The highest BCUT2D eigenvalue weighted by atomic mass is 32.1. The maximum atomic E-state index is 15.0. The van der Waals surface area contributed by atoms with Crippen LogP contribution in [0.25, 0.3) is 10.5 Å². The molecule has 2 aliphatic heterocycles. The van der Waals surface area contributed by atoms with Crippen molar-refractivity contribution in [1.82, 2.24) is 5.32 Å². The van der Waals surface area contributed by atoms with Crippen LogP contribution in [0, 0.1) is 12.4 Å². The Morgan fingerprint density at radius 3 is 2.75 bits per heavy atom. The van der Waals surface area contributed by atoms with Gasteiger partial charge in [-0.05, 0) is 36.4 Å². The minimum absolute atomic E-state index is 0.201. The van der Waals surface area contributed by atoms with E-state index in [0.717, 1.165) is 16.1 Å². The van der Waals surface area contributed by atoms with Crippen LogP contribution in [0.4, 0.5) is 20.6 Å². The van der Waals surface area contributed by atoms with Crippen LogP contribution in [0.15, 0.2) is 41.3 Å². The summed E-state index contributed by atoms with van der Waals surface area (Å²) in [5.74, 6) is -0.606. The zero-order chi connectivity index (χ0) is 22.7. The fourth-order valence-corrected chi connectivity index (χ4v) is 4.75. The Labute approximate surface area is 189 Å². The molecule has 0 saturated carbocycles. The zero-order valence-electron chi connectivity index (χ0n) is 17.6. The van der Waals surface area contributed by atoms with E-state index in [4.69, 9.17) is 11.3 Å². The summed E-state index contributed by atoms with van der Waals surface area (Å²) in [7, 11) is 0. The first kappa shape index (κ1) is 21.8. The van der Waals surface area contributed by atoms with Crippen LogP contribution in [0.1, 0.15) is 24.6 Å². The van der Waals surface area contributed by atoms with Crippen molar-refractivity contribution in [3.8, 4) is 0 Å². The molecule has 2 amide bonds. The SMILES string of the molecule is [C-]#[N+]C(=C1CCN(c2ccc(N3C[C@H](CNC(C)=O)OC3=O)cc2F)CC1)c1cccs1. The molecule has 9 heteroatoms. The van der Waals surface area contributed by atoms with Gasteiger partial charge in [-0.15, -0.1) is 0 Å². The summed E-state index contributed by atoms with van der Waals surface area (Å²) in [6, 6.07) is 8.64. The quantitative estimate of drug-likeness (QED) is 0.685. The summed E-state index contributed by atoms with van der Waals surface area (Å²) in [5, 5.41) is 4.59. The van der Waals surface area contributed by atoms with Crippen molar-refractivity contribution in [2.75, 3.05) is 36.0 Å². The molecule has 0 aliphatic carbocycles. The molecule has 7 nitrogen and oxygen atoms in total. The number of piperidine rings is 1. The Morgan fingerprint density at radius 1 is 1.34 bits per heavy atom. The van der Waals surface area contributed by atoms with Crippen molar-refractivity contribution in [1.29, 1.82) is 0 Å². The lowest BCUT2D eigenvalue weighted by atomic mass is 10.00. The highest BCUT2D eigenvalue weighted by molar-refractivity contribution is 7.11. The van der Waals surface area contributed by atoms with Crippen LogP contribution in [0.5, 0.6) is 0 Å². The molecule has 0 bridgehead atoms. The van der Waals surface area contributed by atoms with E-state index in [2.05, 4.69) is 10.2 Å². The second kappa shape index (κ2) is 9.40. The van der Waals surface area contributed by atoms with Crippen molar-refractivity contribution < 1.29 is 18.7 Å². The number of carbonyl (C=O) groups is 2. The van der Waals surface area contributed by atoms with Gasteiger partial charge in [0.05, 0.1) is 31.0 Å². The fourth-order valence-electron chi connectivity index (χ4n) is 3.99. The molecule has 1 atom stereocenters. The van der Waals surface area contributed by atoms with E-state index < -0.39 is 18.0 Å². The predicted octanol–water partition coefficient (Wildman–Crippen LogP) is 4.28. The van der Waals surface area contributed by atoms with Crippen LogP contribution in [0.2, 0.25) is 0 Å². The van der Waals surface area contributed by atoms with Crippen LogP contribution in [-0.2, 0) is 9.53 Å². The number of amides is 2. The van der Waals surface area contributed by atoms with Gasteiger partial charge in [-0.1, -0.05) is 17.7 Å². The molecule has 0 radical (unpaired) electrons. The molecule has 2 saturated heterocycles. The van der Waals surface area contributed by atoms with Crippen molar-refractivity contribution >= 4 is 40.4 Å². The van der Waals surface area contributed by atoms with Crippen molar-refractivity contribution in [2.45, 2.75) is 25.9 Å². The monoisotopic (exact) mass is 454 g/mol. The van der Waals surface area contributed by atoms with Gasteiger partial charge in [-0.2, -0.15) is 11.3 Å². The van der Waals surface area contributed by atoms with Crippen molar-refractivity contribution in [3.05, 3.63) is 63.4 Å². The Morgan fingerprint density at radius 2 is 2.12 bits per heavy atom. The fraction of sp³-hybridized carbons (Fsp3) is 0.348. The number of nitrogens with zero attached hydrogens (tertiary/aromatic N) is 3. The average molecular weight is 455 g/mol. The standard InChI is InChI=1S/C23H23FN4O3S/c1-15(29)26-13-18-14-28(23(30)31-18)17-5-6-20(19(24)12-17)27-9-7-16(8-10-27)22(25-2)21-4-3-11-32-21/h3-6,11-12,18H,7-10,13-14H2,1H3,(H,26,29)/t18-/m0/s1. The first-order chi connectivity index (χ1) is 15.5. The molecule has 0 spiro atoms. The number of carbonyl (C=O) groups excluding carboxylic acids is 2. The third kappa shape index (κ3) is 4.60. The van der Waals surface area contributed by atoms with E-state index in [1.54, 1.807) is 23.5 Å². The van der Waals surface area contributed by atoms with E-state index in [-0.39, 0.29) is 19.0 Å². The topological polar surface area (TPSA) is 66.2 Å². The van der Waals surface area contributed by atoms with E-state index in [0.29, 0.717) is 37.3 Å². The van der Waals surface area contributed by atoms with E-state index in [9.17, 15) is 14.0 Å². The van der Waals surface area contributed by atoms with Crippen molar-refractivity contribution in [3.63, 3.8) is 0 Å². The Bertz CT molecular complexity index is 1080. The number of hydrogen-bond acceptors (Lipinski definition) is 5. The molecule has 166 valence electrons. The van der Waals surface area contributed by atoms with E-state index in [1.165, 1.54) is 17.9 Å². The lowest BCUT2D eigenvalue weighted by Gasteiger charge is -2.31. The number of nitrogens with one attached hydrogen (secondary N) is 1. The summed E-state index contributed by atoms with van der Waals surface area (Å²) in [6.45, 7) is 10.7. The average Bonchev–Trinajstić information content (AvgIpc) is 3.43. The molecular formula is C23H23FN4O3S. The Balaban J connectivity index is 1.43. The van der Waals surface area contributed by atoms with Gasteiger partial charge in [0.25, 0.3) is 0 Å². The second-order valence-electron chi connectivity index (χ2n) is 7.72. The summed E-state index contributed by atoms with van der Waals surface area (Å²) < 4.78 is 20.2. The largest absolute Gasteiger partial charge is 0.442 e. The summed E-state index contributed by atoms with van der Waals surface area (Å²) in [4.78, 5) is 31.3. The number of halogens is 1. The molecule has 3 heterocycles. The number of benzene rings is 1. The highest BCUT2D eigenvalue weighted by Gasteiger charge is 2.33. The Kier molecular flexibility index (Phi) is 6.42. The molecule has 1 N–H and O–H groups in total. The van der Waals surface area contributed by atoms with Gasteiger partial charge < -0.3 is 15.0 Å². The van der Waals surface area contributed by atoms with E-state index >= 15 is 0 Å². The maximum Gasteiger partial charge on any atom is 0.414 e. The molecule has 32 heavy (non-hydrogen) atoms. The summed E-state index contributed by atoms with van der Waals surface area (Å²) in [6.07, 6.45) is 0.391. The Hall–Kier alpha value is -3.38. The number of ether oxygens (including phenoxy) is 1. The van der Waals surface area contributed by atoms with Crippen LogP contribution >= 0.6 is 11.3 Å². The highest BCUT2D eigenvalue weighted by Crippen LogP contribution is 2.34. The normalized spacial score (nSPS) is 18.3. The molecule has 0 unspecified atom stereocenters. The van der Waals surface area contributed by atoms with Crippen molar-refractivity contribution in [2.24, 2.45) is 0 Å². The van der Waals surface area contributed by atoms with Gasteiger partial charge in [0.15, 0.2) is 0 Å². The smallest absolute Gasteiger partial charge is 0.414 e. The minimum atomic E-state index is -0.555. The van der Waals surface area contributed by atoms with Gasteiger partial charge in [0.1, 0.15) is 11.9 Å². The molecule has 2 aromatic rings. The van der Waals surface area contributed by atoms with Gasteiger partial charge in [-0.25, -0.2) is 14.0 Å². The number of anilines is 2. The number of rotatable bonds is 5. The number of thiophene rings is 1. The van der Waals surface area contributed by atoms with Gasteiger partial charge in [0.2, 0.25) is 11.6 Å². The molecular weight excluding hydrogens is 431 g/mol. The first-order valence-electron chi connectivity index (χ1n) is 10.4. The third-order valence-electron chi connectivity index (χ3n) is 5.60. The van der Waals surface area contributed by atoms with Crippen LogP contribution in [-0.4, -0.2) is 44.3 Å². The predicted molar refractivity (Wildman–Crippen MR) is 122 cm³/mol. The third-order valence-corrected chi connectivity index (χ3v) is 6.48. The molecule has 2 fully saturated rings. The number of cyclic esters (lactones) is 1. The summed E-state index contributed by atoms with van der Waals surface area (Å²) >= 11 is 1.56. The molecule has 1 aromatic carbocycles.